The smallest absolute Gasteiger partial charge is 0.250 e. The molecule has 0 radical (unpaired) electrons. The summed E-state index contributed by atoms with van der Waals surface area (Å²) in [7, 11) is 0. The molecule has 4 rings (SSSR count). The molecule has 33 heavy (non-hydrogen) atoms. The van der Waals surface area contributed by atoms with Crippen LogP contribution in [-0.4, -0.2) is 37.1 Å². The standard InChI is InChI=1S/C23H18Br2N6OS/c1-15(16-4-2-6-19(25)12-16)27-28-21(32)14-33-23-30-29-22(17-5-3-11-26-13-17)31(23)20-9-7-18(24)8-10-20/h2-13H,14H2,1H3,(H,28,32). The summed E-state index contributed by atoms with van der Waals surface area (Å²) in [5, 5.41) is 13.5. The third kappa shape index (κ3) is 5.95. The molecular formula is C23H18Br2N6OS. The lowest BCUT2D eigenvalue weighted by Crippen LogP contribution is -2.21. The van der Waals surface area contributed by atoms with Gasteiger partial charge in [-0.3, -0.25) is 14.3 Å². The molecule has 0 spiro atoms. The van der Waals surface area contributed by atoms with E-state index in [0.29, 0.717) is 16.7 Å². The van der Waals surface area contributed by atoms with E-state index < -0.39 is 0 Å². The molecule has 2 aromatic carbocycles. The topological polar surface area (TPSA) is 85.1 Å². The summed E-state index contributed by atoms with van der Waals surface area (Å²) in [5.74, 6) is 0.552. The second kappa shape index (κ2) is 10.9. The van der Waals surface area contributed by atoms with Gasteiger partial charge in [0.2, 0.25) is 0 Å². The van der Waals surface area contributed by atoms with Gasteiger partial charge in [-0.15, -0.1) is 10.2 Å². The van der Waals surface area contributed by atoms with Crippen molar-refractivity contribution in [2.24, 2.45) is 5.10 Å². The van der Waals surface area contributed by atoms with Crippen LogP contribution in [0.15, 0.2) is 92.3 Å². The van der Waals surface area contributed by atoms with Crippen molar-refractivity contribution in [1.29, 1.82) is 0 Å². The molecule has 0 bridgehead atoms. The van der Waals surface area contributed by atoms with Crippen LogP contribution in [0.3, 0.4) is 0 Å². The first-order valence-corrected chi connectivity index (χ1v) is 12.4. The van der Waals surface area contributed by atoms with Gasteiger partial charge in [0.25, 0.3) is 5.91 Å². The number of amides is 1. The highest BCUT2D eigenvalue weighted by molar-refractivity contribution is 9.10. The Bertz CT molecular complexity index is 1290. The Labute approximate surface area is 212 Å². The number of hydrogen-bond acceptors (Lipinski definition) is 6. The zero-order valence-corrected chi connectivity index (χ0v) is 21.4. The number of nitrogens with one attached hydrogen (secondary N) is 1. The van der Waals surface area contributed by atoms with Crippen LogP contribution in [0.5, 0.6) is 0 Å². The number of carbonyl (C=O) groups is 1. The van der Waals surface area contributed by atoms with Gasteiger partial charge in [0, 0.05) is 32.6 Å². The number of nitrogens with zero attached hydrogens (tertiary/aromatic N) is 5. The van der Waals surface area contributed by atoms with Crippen molar-refractivity contribution in [1.82, 2.24) is 25.2 Å². The number of hydrogen-bond donors (Lipinski definition) is 1. The summed E-state index contributed by atoms with van der Waals surface area (Å²) in [4.78, 5) is 16.7. The molecule has 0 saturated carbocycles. The zero-order valence-electron chi connectivity index (χ0n) is 17.4. The normalized spacial score (nSPS) is 11.4. The molecule has 0 atom stereocenters. The number of aromatic nitrogens is 4. The van der Waals surface area contributed by atoms with E-state index in [-0.39, 0.29) is 11.7 Å². The molecule has 0 saturated heterocycles. The SMILES string of the molecule is CC(=NNC(=O)CSc1nnc(-c2cccnc2)n1-c1ccc(Br)cc1)c1cccc(Br)c1. The van der Waals surface area contributed by atoms with Gasteiger partial charge in [-0.05, 0) is 61.0 Å². The van der Waals surface area contributed by atoms with E-state index in [1.807, 2.05) is 72.2 Å². The molecule has 0 aliphatic heterocycles. The summed E-state index contributed by atoms with van der Waals surface area (Å²) in [6.07, 6.45) is 3.44. The van der Waals surface area contributed by atoms with Crippen LogP contribution in [0.4, 0.5) is 0 Å². The first kappa shape index (κ1) is 23.3. The highest BCUT2D eigenvalue weighted by Gasteiger charge is 2.17. The monoisotopic (exact) mass is 584 g/mol. The lowest BCUT2D eigenvalue weighted by molar-refractivity contribution is -0.118. The van der Waals surface area contributed by atoms with Crippen molar-refractivity contribution in [3.05, 3.63) is 87.6 Å². The quantitative estimate of drug-likeness (QED) is 0.176. The molecule has 166 valence electrons. The molecule has 0 aliphatic carbocycles. The van der Waals surface area contributed by atoms with Crippen molar-refractivity contribution in [2.75, 3.05) is 5.75 Å². The van der Waals surface area contributed by atoms with Gasteiger partial charge in [0.15, 0.2) is 11.0 Å². The fourth-order valence-corrected chi connectivity index (χ4v) is 4.36. The Balaban J connectivity index is 1.52. The number of benzene rings is 2. The molecule has 0 aliphatic rings. The van der Waals surface area contributed by atoms with Crippen LogP contribution in [-0.2, 0) is 4.79 Å². The van der Waals surface area contributed by atoms with Crippen LogP contribution in [0, 0.1) is 0 Å². The van der Waals surface area contributed by atoms with Gasteiger partial charge in [-0.2, -0.15) is 5.10 Å². The fourth-order valence-electron chi connectivity index (χ4n) is 2.95. The first-order chi connectivity index (χ1) is 16.0. The summed E-state index contributed by atoms with van der Waals surface area (Å²) in [5.41, 5.74) is 5.97. The highest BCUT2D eigenvalue weighted by atomic mass is 79.9. The maximum Gasteiger partial charge on any atom is 0.250 e. The van der Waals surface area contributed by atoms with E-state index in [2.05, 4.69) is 57.6 Å². The Hall–Kier alpha value is -2.82. The minimum Gasteiger partial charge on any atom is -0.272 e. The Morgan fingerprint density at radius 2 is 1.88 bits per heavy atom. The van der Waals surface area contributed by atoms with E-state index in [1.165, 1.54) is 11.8 Å². The minimum absolute atomic E-state index is 0.136. The third-order valence-corrected chi connectivity index (χ3v) is 6.51. The molecular weight excluding hydrogens is 568 g/mol. The summed E-state index contributed by atoms with van der Waals surface area (Å²) in [6, 6.07) is 19.3. The summed E-state index contributed by atoms with van der Waals surface area (Å²) in [6.45, 7) is 1.85. The lowest BCUT2D eigenvalue weighted by Gasteiger charge is -2.10. The Morgan fingerprint density at radius 3 is 2.61 bits per heavy atom. The predicted octanol–water partition coefficient (Wildman–Crippen LogP) is 5.49. The van der Waals surface area contributed by atoms with E-state index >= 15 is 0 Å². The number of pyridine rings is 1. The Morgan fingerprint density at radius 1 is 1.06 bits per heavy atom. The van der Waals surface area contributed by atoms with Crippen LogP contribution in [0.1, 0.15) is 12.5 Å². The maximum atomic E-state index is 12.5. The molecule has 4 aromatic rings. The van der Waals surface area contributed by atoms with E-state index in [9.17, 15) is 4.79 Å². The van der Waals surface area contributed by atoms with Crippen molar-refractivity contribution >= 4 is 55.2 Å². The maximum absolute atomic E-state index is 12.5. The molecule has 0 unspecified atom stereocenters. The first-order valence-electron chi connectivity index (χ1n) is 9.85. The van der Waals surface area contributed by atoms with Gasteiger partial charge in [0.1, 0.15) is 0 Å². The van der Waals surface area contributed by atoms with E-state index in [1.54, 1.807) is 12.4 Å². The van der Waals surface area contributed by atoms with Crippen molar-refractivity contribution in [2.45, 2.75) is 12.1 Å². The number of hydrazone groups is 1. The molecule has 0 fully saturated rings. The van der Waals surface area contributed by atoms with E-state index in [0.717, 1.165) is 25.8 Å². The third-order valence-electron chi connectivity index (χ3n) is 4.56. The van der Waals surface area contributed by atoms with Crippen LogP contribution in [0.25, 0.3) is 17.1 Å². The van der Waals surface area contributed by atoms with Crippen LogP contribution in [0.2, 0.25) is 0 Å². The van der Waals surface area contributed by atoms with E-state index in [4.69, 9.17) is 0 Å². The number of halogens is 2. The van der Waals surface area contributed by atoms with Gasteiger partial charge in [0.05, 0.1) is 11.5 Å². The Kier molecular flexibility index (Phi) is 7.69. The summed E-state index contributed by atoms with van der Waals surface area (Å²) >= 11 is 8.20. The molecule has 1 amide bonds. The largest absolute Gasteiger partial charge is 0.272 e. The van der Waals surface area contributed by atoms with Crippen LogP contribution >= 0.6 is 43.6 Å². The molecule has 2 aromatic heterocycles. The number of rotatable bonds is 7. The molecule has 10 heteroatoms. The summed E-state index contributed by atoms with van der Waals surface area (Å²) < 4.78 is 3.83. The van der Waals surface area contributed by atoms with Crippen molar-refractivity contribution in [3.63, 3.8) is 0 Å². The second-order valence-electron chi connectivity index (χ2n) is 6.89. The predicted molar refractivity (Wildman–Crippen MR) is 138 cm³/mol. The zero-order chi connectivity index (χ0) is 23.2. The lowest BCUT2D eigenvalue weighted by atomic mass is 10.1. The van der Waals surface area contributed by atoms with Crippen molar-refractivity contribution in [3.8, 4) is 17.1 Å². The second-order valence-corrected chi connectivity index (χ2v) is 9.66. The van der Waals surface area contributed by atoms with Gasteiger partial charge in [-0.25, -0.2) is 5.43 Å². The molecule has 1 N–H and O–H groups in total. The van der Waals surface area contributed by atoms with Gasteiger partial charge < -0.3 is 0 Å². The number of carbonyl (C=O) groups excluding carboxylic acids is 1. The minimum atomic E-state index is -0.234. The molecule has 7 nitrogen and oxygen atoms in total. The highest BCUT2D eigenvalue weighted by Crippen LogP contribution is 2.28. The van der Waals surface area contributed by atoms with Gasteiger partial charge >= 0.3 is 0 Å². The number of thioether (sulfide) groups is 1. The van der Waals surface area contributed by atoms with Gasteiger partial charge in [-0.1, -0.05) is 55.8 Å². The average molecular weight is 586 g/mol. The average Bonchev–Trinajstić information content (AvgIpc) is 3.26. The molecule has 2 heterocycles. The fraction of sp³-hybridized carbons (Fsp3) is 0.0870. The van der Waals surface area contributed by atoms with Crippen LogP contribution < -0.4 is 5.43 Å². The van der Waals surface area contributed by atoms with Crippen molar-refractivity contribution < 1.29 is 4.79 Å².